The Morgan fingerprint density at radius 2 is 1.78 bits per heavy atom. The van der Waals surface area contributed by atoms with Crippen molar-refractivity contribution in [3.8, 4) is 0 Å². The highest BCUT2D eigenvalue weighted by molar-refractivity contribution is 8.03. The zero-order valence-electron chi connectivity index (χ0n) is 14.8. The van der Waals surface area contributed by atoms with Gasteiger partial charge in [-0.3, -0.25) is 0 Å². The van der Waals surface area contributed by atoms with Crippen molar-refractivity contribution in [2.45, 2.75) is 30.4 Å². The number of aliphatic hydroxyl groups is 1. The highest BCUT2D eigenvalue weighted by Gasteiger charge is 2.60. The lowest BCUT2D eigenvalue weighted by atomic mass is 9.79. The molecule has 0 saturated heterocycles. The first-order valence-electron chi connectivity index (χ1n) is 8.41. The van der Waals surface area contributed by atoms with Crippen LogP contribution in [0.25, 0.3) is 0 Å². The number of fused-ring (bicyclic) bond motifs is 1. The van der Waals surface area contributed by atoms with Crippen LogP contribution >= 0.6 is 11.8 Å². The van der Waals surface area contributed by atoms with Gasteiger partial charge in [-0.1, -0.05) is 30.0 Å². The van der Waals surface area contributed by atoms with Crippen LogP contribution in [0.2, 0.25) is 0 Å². The second-order valence-corrected chi connectivity index (χ2v) is 6.83. The molecule has 27 heavy (non-hydrogen) atoms. The zero-order chi connectivity index (χ0) is 19.6. The molecule has 1 aromatic carbocycles. The van der Waals surface area contributed by atoms with Crippen LogP contribution in [0.15, 0.2) is 57.4 Å². The fourth-order valence-corrected chi connectivity index (χ4v) is 3.98. The molecule has 0 spiro atoms. The van der Waals surface area contributed by atoms with Crippen molar-refractivity contribution >= 4 is 29.7 Å². The van der Waals surface area contributed by atoms with Crippen molar-refractivity contribution in [1.82, 2.24) is 0 Å². The quantitative estimate of drug-likeness (QED) is 0.579. The Balaban J connectivity index is 2.10. The lowest BCUT2D eigenvalue weighted by molar-refractivity contribution is -0.169. The Morgan fingerprint density at radius 3 is 2.41 bits per heavy atom. The number of esters is 3. The van der Waals surface area contributed by atoms with Crippen molar-refractivity contribution in [3.05, 3.63) is 52.5 Å². The second-order valence-electron chi connectivity index (χ2n) is 5.71. The molecule has 0 fully saturated rings. The lowest BCUT2D eigenvalue weighted by Gasteiger charge is -2.41. The van der Waals surface area contributed by atoms with Crippen molar-refractivity contribution in [2.75, 3.05) is 13.2 Å². The molecule has 0 saturated carbocycles. The van der Waals surface area contributed by atoms with Crippen molar-refractivity contribution in [3.63, 3.8) is 0 Å². The molecular formula is C19H18O7S. The summed E-state index contributed by atoms with van der Waals surface area (Å²) < 4.78 is 15.1. The number of hydrogen-bond donors (Lipinski definition) is 1. The number of carbonyl (C=O) groups is 3. The van der Waals surface area contributed by atoms with Crippen LogP contribution < -0.4 is 0 Å². The molecule has 142 valence electrons. The second kappa shape index (κ2) is 7.58. The predicted molar refractivity (Wildman–Crippen MR) is 95.5 cm³/mol. The average Bonchev–Trinajstić information content (AvgIpc) is 2.64. The van der Waals surface area contributed by atoms with E-state index in [2.05, 4.69) is 0 Å². The SMILES string of the molecule is CCOC(=O)C1=C(C(=O)OCC)[C@]2(O)C(=O)O[C@H]1C=C2Sc1ccccc1. The fraction of sp³-hybridized carbons (Fsp3) is 0.316. The third-order valence-corrected chi connectivity index (χ3v) is 5.21. The number of thioether (sulfide) groups is 1. The topological polar surface area (TPSA) is 99.1 Å². The summed E-state index contributed by atoms with van der Waals surface area (Å²) >= 11 is 1.11. The molecule has 0 amide bonds. The first-order valence-corrected chi connectivity index (χ1v) is 9.22. The highest BCUT2D eigenvalue weighted by atomic mass is 32.2. The van der Waals surface area contributed by atoms with E-state index in [0.717, 1.165) is 16.7 Å². The van der Waals surface area contributed by atoms with E-state index in [1.165, 1.54) is 6.08 Å². The number of carbonyl (C=O) groups excluding carboxylic acids is 3. The Hall–Kier alpha value is -2.58. The van der Waals surface area contributed by atoms with Crippen LogP contribution in [0.3, 0.4) is 0 Å². The van der Waals surface area contributed by atoms with Gasteiger partial charge in [0.15, 0.2) is 6.10 Å². The third-order valence-electron chi connectivity index (χ3n) is 4.05. The Bertz CT molecular complexity index is 843. The summed E-state index contributed by atoms with van der Waals surface area (Å²) in [5.41, 5.74) is -3.08. The number of rotatable bonds is 6. The van der Waals surface area contributed by atoms with Crippen LogP contribution in [-0.4, -0.2) is 47.9 Å². The van der Waals surface area contributed by atoms with Gasteiger partial charge in [0.25, 0.3) is 0 Å². The first kappa shape index (κ1) is 19.2. The molecule has 8 heteroatoms. The van der Waals surface area contributed by atoms with Gasteiger partial charge < -0.3 is 19.3 Å². The first-order chi connectivity index (χ1) is 12.9. The van der Waals surface area contributed by atoms with E-state index < -0.39 is 35.2 Å². The van der Waals surface area contributed by atoms with Crippen molar-refractivity contribution in [1.29, 1.82) is 0 Å². The van der Waals surface area contributed by atoms with E-state index in [1.54, 1.807) is 38.1 Å². The Labute approximate surface area is 160 Å². The van der Waals surface area contributed by atoms with Crippen LogP contribution in [0.1, 0.15) is 13.8 Å². The molecular weight excluding hydrogens is 372 g/mol. The molecule has 1 N–H and O–H groups in total. The summed E-state index contributed by atoms with van der Waals surface area (Å²) in [5.74, 6) is -2.81. The molecule has 0 aromatic heterocycles. The van der Waals surface area contributed by atoms with E-state index in [4.69, 9.17) is 14.2 Å². The van der Waals surface area contributed by atoms with E-state index in [9.17, 15) is 19.5 Å². The van der Waals surface area contributed by atoms with E-state index in [0.29, 0.717) is 0 Å². The van der Waals surface area contributed by atoms with Gasteiger partial charge in [0.2, 0.25) is 5.60 Å². The van der Waals surface area contributed by atoms with Gasteiger partial charge in [-0.15, -0.1) is 0 Å². The van der Waals surface area contributed by atoms with Gasteiger partial charge in [0.1, 0.15) is 0 Å². The Morgan fingerprint density at radius 1 is 1.15 bits per heavy atom. The molecule has 2 atom stereocenters. The van der Waals surface area contributed by atoms with E-state index in [-0.39, 0.29) is 23.7 Å². The molecule has 3 aliphatic rings. The normalized spacial score (nSPS) is 23.6. The largest absolute Gasteiger partial charge is 0.463 e. The predicted octanol–water partition coefficient (Wildman–Crippen LogP) is 1.76. The maximum absolute atomic E-state index is 12.6. The standard InChI is InChI=1S/C19H18O7S/c1-3-24-16(20)14-12-10-13(27-11-8-6-5-7-9-11)19(23,18(22)26-12)15(14)17(21)25-4-2/h5-10,12,23H,3-4H2,1-2H3/t12-,19-/m0/s1. The van der Waals surface area contributed by atoms with Crippen molar-refractivity contribution in [2.24, 2.45) is 0 Å². The van der Waals surface area contributed by atoms with Gasteiger partial charge in [-0.2, -0.15) is 0 Å². The Kier molecular flexibility index (Phi) is 5.38. The molecule has 2 bridgehead atoms. The maximum Gasteiger partial charge on any atom is 0.349 e. The molecule has 7 nitrogen and oxygen atoms in total. The molecule has 4 rings (SSSR count). The van der Waals surface area contributed by atoms with E-state index >= 15 is 0 Å². The smallest absolute Gasteiger partial charge is 0.349 e. The van der Waals surface area contributed by atoms with Crippen LogP contribution in [0.4, 0.5) is 0 Å². The van der Waals surface area contributed by atoms with Crippen LogP contribution in [-0.2, 0) is 28.6 Å². The minimum Gasteiger partial charge on any atom is -0.463 e. The maximum atomic E-state index is 12.6. The van der Waals surface area contributed by atoms with E-state index in [1.807, 2.05) is 6.07 Å². The summed E-state index contributed by atoms with van der Waals surface area (Å²) in [7, 11) is 0. The minimum atomic E-state index is -2.43. The highest BCUT2D eigenvalue weighted by Crippen LogP contribution is 2.48. The summed E-state index contributed by atoms with van der Waals surface area (Å²) in [6.07, 6.45) is 0.324. The summed E-state index contributed by atoms with van der Waals surface area (Å²) in [6, 6.07) is 9.03. The number of hydrogen-bond acceptors (Lipinski definition) is 8. The number of ether oxygens (including phenoxy) is 3. The lowest BCUT2D eigenvalue weighted by Crippen LogP contribution is -2.56. The fourth-order valence-electron chi connectivity index (χ4n) is 2.91. The number of benzene rings is 1. The molecule has 0 unspecified atom stereocenters. The minimum absolute atomic E-state index is 0.0130. The third kappa shape index (κ3) is 3.26. The van der Waals surface area contributed by atoms with Gasteiger partial charge in [-0.05, 0) is 32.1 Å². The molecule has 1 aromatic rings. The van der Waals surface area contributed by atoms with Crippen LogP contribution in [0, 0.1) is 0 Å². The molecule has 1 aliphatic carbocycles. The summed E-state index contributed by atoms with van der Waals surface area (Å²) in [4.78, 5) is 38.4. The molecule has 0 radical (unpaired) electrons. The molecule has 2 aliphatic heterocycles. The molecule has 2 heterocycles. The summed E-state index contributed by atoms with van der Waals surface area (Å²) in [5, 5.41) is 11.2. The summed E-state index contributed by atoms with van der Waals surface area (Å²) in [6.45, 7) is 3.27. The average molecular weight is 390 g/mol. The monoisotopic (exact) mass is 390 g/mol. The van der Waals surface area contributed by atoms with Crippen LogP contribution in [0.5, 0.6) is 0 Å². The van der Waals surface area contributed by atoms with Gasteiger partial charge in [-0.25, -0.2) is 14.4 Å². The van der Waals surface area contributed by atoms with Gasteiger partial charge in [0.05, 0.1) is 24.4 Å². The van der Waals surface area contributed by atoms with Gasteiger partial charge >= 0.3 is 17.9 Å². The zero-order valence-corrected chi connectivity index (χ0v) is 15.6. The van der Waals surface area contributed by atoms with Crippen molar-refractivity contribution < 1.29 is 33.7 Å². The van der Waals surface area contributed by atoms with Gasteiger partial charge in [0, 0.05) is 9.80 Å².